The second-order valence-electron chi connectivity index (χ2n) is 5.15. The fourth-order valence-corrected chi connectivity index (χ4v) is 3.50. The third kappa shape index (κ3) is 3.79. The summed E-state index contributed by atoms with van der Waals surface area (Å²) >= 11 is 3.01. The first-order valence-electron chi connectivity index (χ1n) is 7.37. The molecule has 0 spiro atoms. The highest BCUT2D eigenvalue weighted by Gasteiger charge is 2.17. The Morgan fingerprint density at radius 1 is 1.35 bits per heavy atom. The van der Waals surface area contributed by atoms with Crippen LogP contribution in [0.2, 0.25) is 0 Å². The minimum Gasteiger partial charge on any atom is -0.490 e. The monoisotopic (exact) mass is 350 g/mol. The van der Waals surface area contributed by atoms with E-state index in [0.717, 1.165) is 27.8 Å². The van der Waals surface area contributed by atoms with Crippen molar-refractivity contribution in [2.24, 2.45) is 0 Å². The predicted molar refractivity (Wildman–Crippen MR) is 91.8 cm³/mol. The lowest BCUT2D eigenvalue weighted by molar-refractivity contribution is 0.0935. The number of thiazole rings is 1. The van der Waals surface area contributed by atoms with Gasteiger partial charge in [-0.3, -0.25) is 4.79 Å². The number of ether oxygens (including phenoxy) is 2. The Morgan fingerprint density at radius 2 is 2.13 bits per heavy atom. The first-order chi connectivity index (χ1) is 11.2. The van der Waals surface area contributed by atoms with Crippen molar-refractivity contribution in [1.82, 2.24) is 10.3 Å². The smallest absolute Gasteiger partial charge is 0.271 e. The van der Waals surface area contributed by atoms with E-state index in [-0.39, 0.29) is 11.9 Å². The van der Waals surface area contributed by atoms with Crippen LogP contribution in [-0.2, 0) is 0 Å². The number of nitrogens with one attached hydrogen (secondary N) is 1. The van der Waals surface area contributed by atoms with Crippen molar-refractivity contribution in [3.63, 3.8) is 0 Å². The fraction of sp³-hybridized carbons (Fsp3) is 0.375. The lowest BCUT2D eigenvalue weighted by Gasteiger charge is -2.16. The maximum absolute atomic E-state index is 12.3. The van der Waals surface area contributed by atoms with Gasteiger partial charge < -0.3 is 14.8 Å². The summed E-state index contributed by atoms with van der Waals surface area (Å²) in [4.78, 5) is 16.6. The Hall–Kier alpha value is -1.73. The second kappa shape index (κ2) is 7.23. The molecular weight excluding hydrogens is 332 g/mol. The maximum atomic E-state index is 12.3. The molecule has 0 bridgehead atoms. The third-order valence-electron chi connectivity index (χ3n) is 3.51. The molecular formula is C16H18N2O3S2. The number of thioether (sulfide) groups is 1. The minimum atomic E-state index is -0.166. The zero-order chi connectivity index (χ0) is 16.2. The molecule has 0 saturated heterocycles. The zero-order valence-corrected chi connectivity index (χ0v) is 14.6. The van der Waals surface area contributed by atoms with Gasteiger partial charge in [0, 0.05) is 11.8 Å². The number of amides is 1. The van der Waals surface area contributed by atoms with Crippen molar-refractivity contribution in [1.29, 1.82) is 0 Å². The van der Waals surface area contributed by atoms with E-state index in [1.54, 1.807) is 5.38 Å². The predicted octanol–water partition coefficient (Wildman–Crippen LogP) is 3.52. The van der Waals surface area contributed by atoms with E-state index < -0.39 is 0 Å². The van der Waals surface area contributed by atoms with Crippen LogP contribution in [0.25, 0.3) is 0 Å². The SMILES string of the molecule is CSc1nc(C(=O)N[C@H](C)c2ccc3c(c2)OCCCO3)cs1. The van der Waals surface area contributed by atoms with Crippen LogP contribution in [0.3, 0.4) is 0 Å². The van der Waals surface area contributed by atoms with Crippen LogP contribution in [0.15, 0.2) is 27.9 Å². The Kier molecular flexibility index (Phi) is 5.07. The van der Waals surface area contributed by atoms with E-state index in [1.165, 1.54) is 23.1 Å². The molecule has 1 aromatic carbocycles. The molecule has 1 N–H and O–H groups in total. The maximum Gasteiger partial charge on any atom is 0.271 e. The normalized spacial score (nSPS) is 14.9. The summed E-state index contributed by atoms with van der Waals surface area (Å²) in [6, 6.07) is 5.64. The van der Waals surface area contributed by atoms with E-state index in [1.807, 2.05) is 31.4 Å². The van der Waals surface area contributed by atoms with Gasteiger partial charge in [-0.05, 0) is 30.9 Å². The third-order valence-corrected chi connectivity index (χ3v) is 5.37. The van der Waals surface area contributed by atoms with Crippen molar-refractivity contribution in [3.8, 4) is 11.5 Å². The van der Waals surface area contributed by atoms with Gasteiger partial charge in [0.15, 0.2) is 11.5 Å². The minimum absolute atomic E-state index is 0.140. The lowest BCUT2D eigenvalue weighted by Crippen LogP contribution is -2.26. The highest BCUT2D eigenvalue weighted by atomic mass is 32.2. The van der Waals surface area contributed by atoms with Crippen molar-refractivity contribution in [2.75, 3.05) is 19.5 Å². The molecule has 1 aliphatic rings. The highest BCUT2D eigenvalue weighted by molar-refractivity contribution is 8.00. The molecule has 5 nitrogen and oxygen atoms in total. The van der Waals surface area contributed by atoms with Crippen LogP contribution in [0, 0.1) is 0 Å². The topological polar surface area (TPSA) is 60.5 Å². The van der Waals surface area contributed by atoms with Crippen LogP contribution in [-0.4, -0.2) is 30.4 Å². The number of hydrogen-bond donors (Lipinski definition) is 1. The molecule has 122 valence electrons. The Balaban J connectivity index is 1.71. The number of hydrogen-bond acceptors (Lipinski definition) is 6. The van der Waals surface area contributed by atoms with Crippen molar-refractivity contribution >= 4 is 29.0 Å². The van der Waals surface area contributed by atoms with E-state index in [2.05, 4.69) is 10.3 Å². The highest BCUT2D eigenvalue weighted by Crippen LogP contribution is 2.32. The molecule has 0 saturated carbocycles. The van der Waals surface area contributed by atoms with Crippen molar-refractivity contribution in [3.05, 3.63) is 34.8 Å². The number of fused-ring (bicyclic) bond motifs is 1. The molecule has 1 aliphatic heterocycles. The standard InChI is InChI=1S/C16H18N2O3S2/c1-10(17-15(19)12-9-23-16(18-12)22-2)11-4-5-13-14(8-11)21-7-3-6-20-13/h4-5,8-10H,3,6-7H2,1-2H3,(H,17,19)/t10-/m1/s1. The van der Waals surface area contributed by atoms with Gasteiger partial charge in [0.05, 0.1) is 19.3 Å². The van der Waals surface area contributed by atoms with Crippen LogP contribution in [0.5, 0.6) is 11.5 Å². The van der Waals surface area contributed by atoms with Crippen molar-refractivity contribution < 1.29 is 14.3 Å². The van der Waals surface area contributed by atoms with Gasteiger partial charge in [-0.25, -0.2) is 4.98 Å². The average Bonchev–Trinajstić information content (AvgIpc) is 2.92. The van der Waals surface area contributed by atoms with Crippen LogP contribution in [0.1, 0.15) is 35.4 Å². The van der Waals surface area contributed by atoms with Gasteiger partial charge in [0.2, 0.25) is 0 Å². The molecule has 2 heterocycles. The summed E-state index contributed by atoms with van der Waals surface area (Å²) in [7, 11) is 0. The van der Waals surface area contributed by atoms with E-state index in [4.69, 9.17) is 9.47 Å². The van der Waals surface area contributed by atoms with Gasteiger partial charge >= 0.3 is 0 Å². The van der Waals surface area contributed by atoms with Crippen LogP contribution >= 0.6 is 23.1 Å². The van der Waals surface area contributed by atoms with Gasteiger partial charge in [-0.1, -0.05) is 17.8 Å². The first-order valence-corrected chi connectivity index (χ1v) is 9.47. The summed E-state index contributed by atoms with van der Waals surface area (Å²) in [6.45, 7) is 3.26. The fourth-order valence-electron chi connectivity index (χ4n) is 2.26. The van der Waals surface area contributed by atoms with E-state index >= 15 is 0 Å². The van der Waals surface area contributed by atoms with Crippen LogP contribution in [0.4, 0.5) is 0 Å². The molecule has 7 heteroatoms. The van der Waals surface area contributed by atoms with Crippen molar-refractivity contribution in [2.45, 2.75) is 23.7 Å². The molecule has 2 aromatic rings. The number of benzene rings is 1. The van der Waals surface area contributed by atoms with Gasteiger partial charge in [-0.15, -0.1) is 11.3 Å². The van der Waals surface area contributed by atoms with E-state index in [0.29, 0.717) is 18.9 Å². The number of carbonyl (C=O) groups excluding carboxylic acids is 1. The lowest BCUT2D eigenvalue weighted by atomic mass is 10.1. The molecule has 0 fully saturated rings. The molecule has 1 aromatic heterocycles. The van der Waals surface area contributed by atoms with Gasteiger partial charge in [0.25, 0.3) is 5.91 Å². The summed E-state index contributed by atoms with van der Waals surface area (Å²) in [5, 5.41) is 4.75. The van der Waals surface area contributed by atoms with Crippen LogP contribution < -0.4 is 14.8 Å². The van der Waals surface area contributed by atoms with Gasteiger partial charge in [-0.2, -0.15) is 0 Å². The molecule has 0 unspecified atom stereocenters. The summed E-state index contributed by atoms with van der Waals surface area (Å²) in [5.41, 5.74) is 1.43. The number of nitrogens with zero attached hydrogens (tertiary/aromatic N) is 1. The van der Waals surface area contributed by atoms with E-state index in [9.17, 15) is 4.79 Å². The second-order valence-corrected chi connectivity index (χ2v) is 7.07. The number of aromatic nitrogens is 1. The molecule has 3 rings (SSSR count). The Labute approximate surface area is 143 Å². The molecule has 23 heavy (non-hydrogen) atoms. The summed E-state index contributed by atoms with van der Waals surface area (Å²) < 4.78 is 12.2. The molecule has 1 amide bonds. The number of carbonyl (C=O) groups is 1. The summed E-state index contributed by atoms with van der Waals surface area (Å²) in [5.74, 6) is 1.33. The summed E-state index contributed by atoms with van der Waals surface area (Å²) in [6.07, 6.45) is 2.82. The number of rotatable bonds is 4. The Bertz CT molecular complexity index is 702. The van der Waals surface area contributed by atoms with Gasteiger partial charge in [0.1, 0.15) is 10.0 Å². The zero-order valence-electron chi connectivity index (χ0n) is 13.0. The molecule has 0 aliphatic carbocycles. The first kappa shape index (κ1) is 16.1. The Morgan fingerprint density at radius 3 is 2.87 bits per heavy atom. The molecule has 1 atom stereocenters. The largest absolute Gasteiger partial charge is 0.490 e. The molecule has 0 radical (unpaired) electrons. The quantitative estimate of drug-likeness (QED) is 0.855. The average molecular weight is 350 g/mol.